The average molecular weight is 553 g/mol. The number of halogens is 3. The molecule has 35 heavy (non-hydrogen) atoms. The summed E-state index contributed by atoms with van der Waals surface area (Å²) in [5.41, 5.74) is 2.98. The zero-order chi connectivity index (χ0) is 25.1. The largest absolute Gasteiger partial charge is 0.481 e. The van der Waals surface area contributed by atoms with E-state index in [0.717, 1.165) is 23.7 Å². The van der Waals surface area contributed by atoms with E-state index in [1.165, 1.54) is 11.3 Å². The normalized spacial score (nSPS) is 13.6. The number of ether oxygens (including phenoxy) is 1. The van der Waals surface area contributed by atoms with Crippen LogP contribution in [-0.4, -0.2) is 49.5 Å². The van der Waals surface area contributed by atoms with Crippen LogP contribution in [0.5, 0.6) is 5.75 Å². The number of thiophene rings is 1. The molecule has 2 amide bonds. The molecule has 0 atom stereocenters. The highest BCUT2D eigenvalue weighted by Crippen LogP contribution is 2.42. The Morgan fingerprint density at radius 3 is 2.14 bits per heavy atom. The van der Waals surface area contributed by atoms with Crippen molar-refractivity contribution in [1.82, 2.24) is 4.90 Å². The summed E-state index contributed by atoms with van der Waals surface area (Å²) in [7, 11) is 0. The molecule has 3 aromatic rings. The Balaban J connectivity index is 1.30. The van der Waals surface area contributed by atoms with E-state index in [2.05, 4.69) is 10.2 Å². The molecular weight excluding hydrogens is 529 g/mol. The second kappa shape index (κ2) is 11.1. The highest BCUT2D eigenvalue weighted by atomic mass is 35.5. The second-order valence-corrected chi connectivity index (χ2v) is 10.2. The highest BCUT2D eigenvalue weighted by molar-refractivity contribution is 7.12. The van der Waals surface area contributed by atoms with Crippen molar-refractivity contribution in [2.24, 2.45) is 0 Å². The van der Waals surface area contributed by atoms with Gasteiger partial charge in [0.05, 0.1) is 14.9 Å². The quantitative estimate of drug-likeness (QED) is 0.390. The van der Waals surface area contributed by atoms with Crippen LogP contribution in [0.25, 0.3) is 0 Å². The number of amides is 2. The minimum Gasteiger partial charge on any atom is -0.481 e. The first-order valence-corrected chi connectivity index (χ1v) is 13.0. The molecule has 10 heteroatoms. The maximum Gasteiger partial charge on any atom is 0.264 e. The standard InChI is InChI=1S/C25H24Cl3N3O3S/c1-15-21(26)16(2)23(28)24(22(15)27)34-14-20(32)29-17-5-7-18(8-6-17)30-9-11-31(12-10-30)25(33)19-4-3-13-35-19/h3-8,13H,9-12,14H2,1-2H3,(H,29,32). The third-order valence-corrected chi connectivity index (χ3v) is 8.21. The summed E-state index contributed by atoms with van der Waals surface area (Å²) < 4.78 is 5.62. The fourth-order valence-electron chi connectivity index (χ4n) is 3.85. The van der Waals surface area contributed by atoms with Crippen LogP contribution < -0.4 is 15.0 Å². The Hall–Kier alpha value is -2.45. The third kappa shape index (κ3) is 5.70. The van der Waals surface area contributed by atoms with Gasteiger partial charge in [0.15, 0.2) is 12.4 Å². The molecule has 0 radical (unpaired) electrons. The lowest BCUT2D eigenvalue weighted by Gasteiger charge is -2.36. The lowest BCUT2D eigenvalue weighted by Crippen LogP contribution is -2.48. The summed E-state index contributed by atoms with van der Waals surface area (Å²) in [5, 5.41) is 5.79. The van der Waals surface area contributed by atoms with Crippen LogP contribution in [0.3, 0.4) is 0 Å². The van der Waals surface area contributed by atoms with E-state index in [9.17, 15) is 9.59 Å². The molecule has 0 spiro atoms. The van der Waals surface area contributed by atoms with E-state index in [0.29, 0.717) is 45.0 Å². The molecule has 1 saturated heterocycles. The van der Waals surface area contributed by atoms with E-state index in [-0.39, 0.29) is 24.2 Å². The van der Waals surface area contributed by atoms with E-state index in [4.69, 9.17) is 39.5 Å². The monoisotopic (exact) mass is 551 g/mol. The van der Waals surface area contributed by atoms with Gasteiger partial charge in [0.1, 0.15) is 0 Å². The number of carbonyl (C=O) groups excluding carboxylic acids is 2. The number of hydrogen-bond donors (Lipinski definition) is 1. The summed E-state index contributed by atoms with van der Waals surface area (Å²) in [6, 6.07) is 11.3. The molecule has 1 aliphatic rings. The van der Waals surface area contributed by atoms with Crippen LogP contribution in [0.4, 0.5) is 11.4 Å². The van der Waals surface area contributed by atoms with Crippen LogP contribution in [0, 0.1) is 13.8 Å². The van der Waals surface area contributed by atoms with Gasteiger partial charge in [-0.05, 0) is 60.7 Å². The molecule has 1 N–H and O–H groups in total. The predicted octanol–water partition coefficient (Wildman–Crippen LogP) is 6.31. The van der Waals surface area contributed by atoms with E-state index < -0.39 is 0 Å². The van der Waals surface area contributed by atoms with Crippen LogP contribution in [0.1, 0.15) is 20.8 Å². The topological polar surface area (TPSA) is 61.9 Å². The van der Waals surface area contributed by atoms with Crippen molar-refractivity contribution >= 4 is 69.3 Å². The number of hydrogen-bond acceptors (Lipinski definition) is 5. The van der Waals surface area contributed by atoms with Crippen molar-refractivity contribution in [2.75, 3.05) is 43.0 Å². The number of nitrogens with zero attached hydrogens (tertiary/aromatic N) is 2. The minimum atomic E-state index is -0.337. The molecule has 6 nitrogen and oxygen atoms in total. The third-order valence-electron chi connectivity index (χ3n) is 5.88. The molecule has 184 valence electrons. The second-order valence-electron chi connectivity index (χ2n) is 8.16. The van der Waals surface area contributed by atoms with Crippen molar-refractivity contribution < 1.29 is 14.3 Å². The van der Waals surface area contributed by atoms with Gasteiger partial charge in [0, 0.05) is 42.6 Å². The molecule has 0 saturated carbocycles. The summed E-state index contributed by atoms with van der Waals surface area (Å²) in [6.45, 7) is 6.12. The molecule has 1 fully saturated rings. The SMILES string of the molecule is Cc1c(Cl)c(C)c(Cl)c(OCC(=O)Nc2ccc(N3CCN(C(=O)c4cccs4)CC3)cc2)c1Cl. The Morgan fingerprint density at radius 2 is 1.57 bits per heavy atom. The van der Waals surface area contributed by atoms with Crippen LogP contribution in [0.15, 0.2) is 41.8 Å². The van der Waals surface area contributed by atoms with Gasteiger partial charge in [-0.1, -0.05) is 40.9 Å². The lowest BCUT2D eigenvalue weighted by molar-refractivity contribution is -0.118. The Bertz CT molecular complexity index is 1200. The van der Waals surface area contributed by atoms with E-state index >= 15 is 0 Å². The molecule has 0 aliphatic carbocycles. The van der Waals surface area contributed by atoms with Gasteiger partial charge in [-0.15, -0.1) is 11.3 Å². The molecule has 2 heterocycles. The fourth-order valence-corrected chi connectivity index (χ4v) is 5.36. The summed E-state index contributed by atoms with van der Waals surface area (Å²) in [4.78, 5) is 29.8. The van der Waals surface area contributed by atoms with Crippen molar-refractivity contribution in [3.8, 4) is 5.75 Å². The Morgan fingerprint density at radius 1 is 0.943 bits per heavy atom. The lowest BCUT2D eigenvalue weighted by atomic mass is 10.1. The van der Waals surface area contributed by atoms with E-state index in [1.54, 1.807) is 13.8 Å². The van der Waals surface area contributed by atoms with Crippen molar-refractivity contribution in [3.63, 3.8) is 0 Å². The predicted molar refractivity (Wildman–Crippen MR) is 144 cm³/mol. The van der Waals surface area contributed by atoms with Crippen LogP contribution >= 0.6 is 46.1 Å². The van der Waals surface area contributed by atoms with Gasteiger partial charge in [0.25, 0.3) is 11.8 Å². The zero-order valence-corrected chi connectivity index (χ0v) is 22.3. The number of benzene rings is 2. The zero-order valence-electron chi connectivity index (χ0n) is 19.2. The smallest absolute Gasteiger partial charge is 0.264 e. The van der Waals surface area contributed by atoms with Crippen LogP contribution in [-0.2, 0) is 4.79 Å². The molecule has 0 bridgehead atoms. The first kappa shape index (κ1) is 25.6. The molecule has 1 aromatic heterocycles. The average Bonchev–Trinajstić information content (AvgIpc) is 3.41. The summed E-state index contributed by atoms with van der Waals surface area (Å²) in [5.74, 6) is -0.00259. The number of rotatable bonds is 6. The van der Waals surface area contributed by atoms with Crippen molar-refractivity contribution in [1.29, 1.82) is 0 Å². The maximum absolute atomic E-state index is 12.5. The summed E-state index contributed by atoms with van der Waals surface area (Å²) >= 11 is 20.3. The van der Waals surface area contributed by atoms with Crippen molar-refractivity contribution in [3.05, 3.63) is 72.9 Å². The first-order chi connectivity index (χ1) is 16.8. The van der Waals surface area contributed by atoms with E-state index in [1.807, 2.05) is 46.7 Å². The highest BCUT2D eigenvalue weighted by Gasteiger charge is 2.23. The van der Waals surface area contributed by atoms with Crippen molar-refractivity contribution in [2.45, 2.75) is 13.8 Å². The fraction of sp³-hybridized carbons (Fsp3) is 0.280. The maximum atomic E-state index is 12.5. The minimum absolute atomic E-state index is 0.0893. The number of carbonyl (C=O) groups is 2. The number of nitrogens with one attached hydrogen (secondary N) is 1. The number of piperazine rings is 1. The molecule has 0 unspecified atom stereocenters. The molecule has 1 aliphatic heterocycles. The van der Waals surface area contributed by atoms with Gasteiger partial charge in [-0.3, -0.25) is 9.59 Å². The van der Waals surface area contributed by atoms with Gasteiger partial charge >= 0.3 is 0 Å². The van der Waals surface area contributed by atoms with Gasteiger partial charge in [-0.2, -0.15) is 0 Å². The first-order valence-electron chi connectivity index (χ1n) is 11.0. The van der Waals surface area contributed by atoms with Crippen LogP contribution in [0.2, 0.25) is 15.1 Å². The Labute approximate surface area is 223 Å². The molecule has 4 rings (SSSR count). The Kier molecular flexibility index (Phi) is 8.12. The van der Waals surface area contributed by atoms with Gasteiger partial charge in [0.2, 0.25) is 0 Å². The molecular formula is C25H24Cl3N3O3S. The summed E-state index contributed by atoms with van der Waals surface area (Å²) in [6.07, 6.45) is 0. The number of anilines is 2. The van der Waals surface area contributed by atoms with Gasteiger partial charge in [-0.25, -0.2) is 0 Å². The molecule has 2 aromatic carbocycles. The van der Waals surface area contributed by atoms with Gasteiger partial charge < -0.3 is 19.9 Å².